The summed E-state index contributed by atoms with van der Waals surface area (Å²) in [5.41, 5.74) is 3.07. The highest BCUT2D eigenvalue weighted by Gasteiger charge is 2.14. The molecule has 1 aromatic carbocycles. The van der Waals surface area contributed by atoms with Gasteiger partial charge in [-0.3, -0.25) is 9.78 Å². The Bertz CT molecular complexity index is 827. The van der Waals surface area contributed by atoms with Crippen molar-refractivity contribution in [2.24, 2.45) is 0 Å². The number of para-hydroxylation sites is 1. The van der Waals surface area contributed by atoms with Gasteiger partial charge in [0.2, 0.25) is 5.91 Å². The van der Waals surface area contributed by atoms with Gasteiger partial charge >= 0.3 is 0 Å². The van der Waals surface area contributed by atoms with E-state index < -0.39 is 0 Å². The Morgan fingerprint density at radius 1 is 1.26 bits per heavy atom. The first kappa shape index (κ1) is 15.2. The first-order valence-electron chi connectivity index (χ1n) is 7.57. The summed E-state index contributed by atoms with van der Waals surface area (Å²) in [5.74, 6) is -0.374. The summed E-state index contributed by atoms with van der Waals surface area (Å²) in [6.45, 7) is 2.39. The largest absolute Gasteiger partial charge is 0.356 e. The van der Waals surface area contributed by atoms with E-state index in [0.717, 1.165) is 22.3 Å². The number of H-pyrrole nitrogens is 1. The monoisotopic (exact) mass is 311 g/mol. The lowest BCUT2D eigenvalue weighted by molar-refractivity contribution is -0.120. The van der Waals surface area contributed by atoms with Crippen LogP contribution in [-0.2, 0) is 17.6 Å². The van der Waals surface area contributed by atoms with Crippen molar-refractivity contribution in [2.75, 3.05) is 6.54 Å². The number of nitrogens with zero attached hydrogens (tertiary/aromatic N) is 1. The van der Waals surface area contributed by atoms with E-state index in [0.29, 0.717) is 18.5 Å². The normalized spacial score (nSPS) is 10.9. The van der Waals surface area contributed by atoms with Crippen molar-refractivity contribution in [3.05, 3.63) is 65.4 Å². The second-order valence-corrected chi connectivity index (χ2v) is 5.49. The van der Waals surface area contributed by atoms with Gasteiger partial charge in [0, 0.05) is 35.9 Å². The van der Waals surface area contributed by atoms with Crippen LogP contribution in [0.3, 0.4) is 0 Å². The molecule has 23 heavy (non-hydrogen) atoms. The standard InChI is InChI=1S/C18H18FN3O/c1-12-15(14-6-4-7-16(19)18(14)22-12)11-17(23)21-10-8-13-5-2-3-9-20-13/h2-7,9,22H,8,10-11H2,1H3,(H,21,23). The van der Waals surface area contributed by atoms with Crippen LogP contribution in [0.2, 0.25) is 0 Å². The van der Waals surface area contributed by atoms with Crippen molar-refractivity contribution in [2.45, 2.75) is 19.8 Å². The fraction of sp³-hybridized carbons (Fsp3) is 0.222. The van der Waals surface area contributed by atoms with Gasteiger partial charge in [0.25, 0.3) is 0 Å². The number of halogens is 1. The summed E-state index contributed by atoms with van der Waals surface area (Å²) in [7, 11) is 0. The van der Waals surface area contributed by atoms with Crippen LogP contribution in [0.4, 0.5) is 4.39 Å². The maximum atomic E-state index is 13.8. The molecular weight excluding hydrogens is 293 g/mol. The third-order valence-corrected chi connectivity index (χ3v) is 3.87. The van der Waals surface area contributed by atoms with Gasteiger partial charge in [-0.05, 0) is 30.7 Å². The average molecular weight is 311 g/mol. The lowest BCUT2D eigenvalue weighted by atomic mass is 10.1. The van der Waals surface area contributed by atoms with Crippen LogP contribution in [-0.4, -0.2) is 22.4 Å². The molecule has 3 rings (SSSR count). The summed E-state index contributed by atoms with van der Waals surface area (Å²) in [6, 6.07) is 10.6. The highest BCUT2D eigenvalue weighted by atomic mass is 19.1. The van der Waals surface area contributed by atoms with Gasteiger partial charge in [-0.25, -0.2) is 4.39 Å². The maximum Gasteiger partial charge on any atom is 0.224 e. The Morgan fingerprint density at radius 2 is 2.13 bits per heavy atom. The van der Waals surface area contributed by atoms with Gasteiger partial charge in [0.05, 0.1) is 11.9 Å². The minimum atomic E-state index is -0.299. The molecular formula is C18H18FN3O. The van der Waals surface area contributed by atoms with Crippen molar-refractivity contribution in [3.8, 4) is 0 Å². The lowest BCUT2D eigenvalue weighted by Crippen LogP contribution is -2.27. The molecule has 0 aliphatic rings. The molecule has 0 aliphatic heterocycles. The number of pyridine rings is 1. The van der Waals surface area contributed by atoms with Gasteiger partial charge in [-0.15, -0.1) is 0 Å². The topological polar surface area (TPSA) is 57.8 Å². The van der Waals surface area contributed by atoms with Crippen LogP contribution in [0.25, 0.3) is 10.9 Å². The molecule has 0 saturated carbocycles. The summed E-state index contributed by atoms with van der Waals surface area (Å²) in [6.07, 6.45) is 2.66. The van der Waals surface area contributed by atoms with E-state index in [1.54, 1.807) is 12.3 Å². The summed E-state index contributed by atoms with van der Waals surface area (Å²) < 4.78 is 13.8. The van der Waals surface area contributed by atoms with E-state index in [1.165, 1.54) is 6.07 Å². The Labute approximate surface area is 133 Å². The minimum absolute atomic E-state index is 0.0748. The molecule has 3 aromatic rings. The van der Waals surface area contributed by atoms with Crippen molar-refractivity contribution in [3.63, 3.8) is 0 Å². The molecule has 2 N–H and O–H groups in total. The Hall–Kier alpha value is -2.69. The molecule has 5 heteroatoms. The highest BCUT2D eigenvalue weighted by Crippen LogP contribution is 2.24. The molecule has 0 spiro atoms. The van der Waals surface area contributed by atoms with Crippen molar-refractivity contribution in [1.29, 1.82) is 0 Å². The predicted octanol–water partition coefficient (Wildman–Crippen LogP) is 2.91. The highest BCUT2D eigenvalue weighted by molar-refractivity contribution is 5.90. The van der Waals surface area contributed by atoms with Crippen molar-refractivity contribution >= 4 is 16.8 Å². The minimum Gasteiger partial charge on any atom is -0.356 e. The quantitative estimate of drug-likeness (QED) is 0.761. The number of hydrogen-bond donors (Lipinski definition) is 2. The second-order valence-electron chi connectivity index (χ2n) is 5.49. The number of aryl methyl sites for hydroxylation is 1. The average Bonchev–Trinajstić information content (AvgIpc) is 2.86. The maximum absolute atomic E-state index is 13.8. The first-order valence-corrected chi connectivity index (χ1v) is 7.57. The molecule has 0 saturated heterocycles. The smallest absolute Gasteiger partial charge is 0.224 e. The molecule has 0 fully saturated rings. The van der Waals surface area contributed by atoms with E-state index in [2.05, 4.69) is 15.3 Å². The van der Waals surface area contributed by atoms with E-state index in [1.807, 2.05) is 31.2 Å². The molecule has 118 valence electrons. The molecule has 2 aromatic heterocycles. The summed E-state index contributed by atoms with van der Waals surface area (Å²) in [5, 5.41) is 3.66. The zero-order chi connectivity index (χ0) is 16.2. The Kier molecular flexibility index (Phi) is 4.37. The van der Waals surface area contributed by atoms with Crippen LogP contribution < -0.4 is 5.32 Å². The van der Waals surface area contributed by atoms with Crippen molar-refractivity contribution in [1.82, 2.24) is 15.3 Å². The van der Waals surface area contributed by atoms with Gasteiger partial charge in [0.15, 0.2) is 0 Å². The number of aromatic amines is 1. The molecule has 0 aliphatic carbocycles. The second kappa shape index (κ2) is 6.60. The van der Waals surface area contributed by atoms with Crippen LogP contribution in [0.15, 0.2) is 42.6 Å². The van der Waals surface area contributed by atoms with Gasteiger partial charge in [-0.1, -0.05) is 18.2 Å². The number of hydrogen-bond acceptors (Lipinski definition) is 2. The molecule has 0 bridgehead atoms. The number of benzene rings is 1. The Balaban J connectivity index is 1.64. The number of rotatable bonds is 5. The van der Waals surface area contributed by atoms with Gasteiger partial charge < -0.3 is 10.3 Å². The lowest BCUT2D eigenvalue weighted by Gasteiger charge is -2.05. The zero-order valence-corrected chi connectivity index (χ0v) is 12.9. The molecule has 0 unspecified atom stereocenters. The van der Waals surface area contributed by atoms with E-state index in [4.69, 9.17) is 0 Å². The zero-order valence-electron chi connectivity index (χ0n) is 12.9. The summed E-state index contributed by atoms with van der Waals surface area (Å²) in [4.78, 5) is 19.4. The predicted molar refractivity (Wildman–Crippen MR) is 87.6 cm³/mol. The van der Waals surface area contributed by atoms with E-state index in [9.17, 15) is 9.18 Å². The van der Waals surface area contributed by atoms with Crippen LogP contribution in [0, 0.1) is 12.7 Å². The number of carbonyl (C=O) groups is 1. The third kappa shape index (κ3) is 3.39. The molecule has 1 amide bonds. The molecule has 4 nitrogen and oxygen atoms in total. The van der Waals surface area contributed by atoms with Crippen LogP contribution in [0.1, 0.15) is 17.0 Å². The van der Waals surface area contributed by atoms with Gasteiger partial charge in [0.1, 0.15) is 5.82 Å². The number of nitrogens with one attached hydrogen (secondary N) is 2. The SMILES string of the molecule is Cc1[nH]c2c(F)cccc2c1CC(=O)NCCc1ccccn1. The number of amides is 1. The fourth-order valence-electron chi connectivity index (χ4n) is 2.69. The van der Waals surface area contributed by atoms with E-state index in [-0.39, 0.29) is 18.1 Å². The van der Waals surface area contributed by atoms with Crippen LogP contribution >= 0.6 is 0 Å². The summed E-state index contributed by atoms with van der Waals surface area (Å²) >= 11 is 0. The van der Waals surface area contributed by atoms with Crippen molar-refractivity contribution < 1.29 is 9.18 Å². The number of aromatic nitrogens is 2. The van der Waals surface area contributed by atoms with E-state index >= 15 is 0 Å². The fourth-order valence-corrected chi connectivity index (χ4v) is 2.69. The first-order chi connectivity index (χ1) is 11.1. The Morgan fingerprint density at radius 3 is 2.91 bits per heavy atom. The number of fused-ring (bicyclic) bond motifs is 1. The molecule has 0 radical (unpaired) electrons. The van der Waals surface area contributed by atoms with Crippen LogP contribution in [0.5, 0.6) is 0 Å². The molecule has 0 atom stereocenters. The molecule has 2 heterocycles. The number of carbonyl (C=O) groups excluding carboxylic acids is 1. The third-order valence-electron chi connectivity index (χ3n) is 3.87. The van der Waals surface area contributed by atoms with Gasteiger partial charge in [-0.2, -0.15) is 0 Å².